The Balaban J connectivity index is 1.48. The van der Waals surface area contributed by atoms with Crippen LogP contribution < -0.4 is 9.47 Å². The van der Waals surface area contributed by atoms with E-state index < -0.39 is 9.84 Å². The average molecular weight is 418 g/mol. The molecule has 1 saturated heterocycles. The second-order valence-electron chi connectivity index (χ2n) is 7.96. The summed E-state index contributed by atoms with van der Waals surface area (Å²) < 4.78 is 35.0. The summed E-state index contributed by atoms with van der Waals surface area (Å²) >= 11 is 0. The Bertz CT molecular complexity index is 997. The van der Waals surface area contributed by atoms with Crippen LogP contribution in [0.3, 0.4) is 0 Å². The lowest BCUT2D eigenvalue weighted by atomic mass is 10.1. The van der Waals surface area contributed by atoms with E-state index in [9.17, 15) is 13.2 Å². The molecule has 1 aliphatic carbocycles. The molecule has 7 heteroatoms. The van der Waals surface area contributed by atoms with Gasteiger partial charge in [-0.3, -0.25) is 4.79 Å². The van der Waals surface area contributed by atoms with E-state index in [1.807, 2.05) is 41.3 Å². The number of amides is 1. The van der Waals surface area contributed by atoms with Crippen LogP contribution in [-0.4, -0.2) is 56.5 Å². The SMILES string of the molecule is COc1ccc2ccc(OCC(=O)N(C3CCCC3)[C@H]3CCS(=O)(=O)C3)cc2c1. The van der Waals surface area contributed by atoms with Gasteiger partial charge in [0.15, 0.2) is 16.4 Å². The summed E-state index contributed by atoms with van der Waals surface area (Å²) in [6, 6.07) is 11.4. The molecule has 2 aromatic carbocycles. The minimum Gasteiger partial charge on any atom is -0.497 e. The zero-order chi connectivity index (χ0) is 20.4. The third-order valence-corrected chi connectivity index (χ3v) is 7.74. The number of carbonyl (C=O) groups is 1. The van der Waals surface area contributed by atoms with E-state index in [1.165, 1.54) is 0 Å². The number of fused-ring (bicyclic) bond motifs is 1. The van der Waals surface area contributed by atoms with E-state index in [0.717, 1.165) is 42.2 Å². The minimum atomic E-state index is -3.05. The molecule has 1 atom stereocenters. The van der Waals surface area contributed by atoms with Crippen LogP contribution in [0.2, 0.25) is 0 Å². The van der Waals surface area contributed by atoms with Crippen LogP contribution in [0.4, 0.5) is 0 Å². The molecule has 0 radical (unpaired) electrons. The number of methoxy groups -OCH3 is 1. The Labute approximate surface area is 171 Å². The van der Waals surface area contributed by atoms with Gasteiger partial charge in [-0.25, -0.2) is 8.42 Å². The standard InChI is InChI=1S/C22H27NO5S/c1-27-20-8-6-16-7-9-21(13-17(16)12-20)28-14-22(24)23(18-4-2-3-5-18)19-10-11-29(25,26)15-19/h6-9,12-13,18-19H,2-5,10-11,14-15H2,1H3/t19-/m0/s1. The van der Waals surface area contributed by atoms with Gasteiger partial charge in [0.2, 0.25) is 0 Å². The van der Waals surface area contributed by atoms with Gasteiger partial charge in [0.05, 0.1) is 18.6 Å². The van der Waals surface area contributed by atoms with E-state index in [4.69, 9.17) is 9.47 Å². The molecule has 4 rings (SSSR count). The molecule has 0 N–H and O–H groups in total. The van der Waals surface area contributed by atoms with Crippen molar-refractivity contribution in [2.24, 2.45) is 0 Å². The molecule has 0 bridgehead atoms. The highest BCUT2D eigenvalue weighted by molar-refractivity contribution is 7.91. The van der Waals surface area contributed by atoms with Gasteiger partial charge in [-0.05, 0) is 54.3 Å². The molecular formula is C22H27NO5S. The third-order valence-electron chi connectivity index (χ3n) is 5.99. The van der Waals surface area contributed by atoms with E-state index in [2.05, 4.69) is 0 Å². The van der Waals surface area contributed by atoms with E-state index in [0.29, 0.717) is 12.2 Å². The first-order chi connectivity index (χ1) is 13.9. The Morgan fingerprint density at radius 1 is 1.00 bits per heavy atom. The summed E-state index contributed by atoms with van der Waals surface area (Å²) in [7, 11) is -1.42. The fourth-order valence-corrected chi connectivity index (χ4v) is 6.23. The lowest BCUT2D eigenvalue weighted by molar-refractivity contribution is -0.137. The summed E-state index contributed by atoms with van der Waals surface area (Å²) in [6.07, 6.45) is 4.58. The predicted molar refractivity (Wildman–Crippen MR) is 112 cm³/mol. The molecule has 2 fully saturated rings. The number of ether oxygens (including phenoxy) is 2. The van der Waals surface area contributed by atoms with Crippen LogP contribution in [0.5, 0.6) is 11.5 Å². The van der Waals surface area contributed by atoms with Gasteiger partial charge in [0.1, 0.15) is 11.5 Å². The highest BCUT2D eigenvalue weighted by Crippen LogP contribution is 2.30. The molecule has 1 saturated carbocycles. The highest BCUT2D eigenvalue weighted by atomic mass is 32.2. The molecule has 0 spiro atoms. The number of carbonyl (C=O) groups excluding carboxylic acids is 1. The van der Waals surface area contributed by atoms with Gasteiger partial charge in [-0.2, -0.15) is 0 Å². The number of benzene rings is 2. The van der Waals surface area contributed by atoms with Crippen molar-refractivity contribution in [3.05, 3.63) is 36.4 Å². The number of hydrogen-bond donors (Lipinski definition) is 0. The number of hydrogen-bond acceptors (Lipinski definition) is 5. The summed E-state index contributed by atoms with van der Waals surface area (Å²) in [5.74, 6) is 1.50. The van der Waals surface area contributed by atoms with Crippen molar-refractivity contribution in [1.82, 2.24) is 4.90 Å². The fourth-order valence-electron chi connectivity index (χ4n) is 4.52. The first kappa shape index (κ1) is 20.0. The topological polar surface area (TPSA) is 72.9 Å². The van der Waals surface area contributed by atoms with Gasteiger partial charge in [-0.15, -0.1) is 0 Å². The van der Waals surface area contributed by atoms with Crippen LogP contribution in [0.15, 0.2) is 36.4 Å². The van der Waals surface area contributed by atoms with Crippen molar-refractivity contribution in [1.29, 1.82) is 0 Å². The fraction of sp³-hybridized carbons (Fsp3) is 0.500. The maximum atomic E-state index is 13.1. The Morgan fingerprint density at radius 3 is 2.34 bits per heavy atom. The summed E-state index contributed by atoms with van der Waals surface area (Å²) in [5, 5.41) is 2.04. The van der Waals surface area contributed by atoms with Crippen LogP contribution in [0, 0.1) is 0 Å². The van der Waals surface area contributed by atoms with Crippen molar-refractivity contribution in [2.45, 2.75) is 44.2 Å². The second kappa shape index (κ2) is 8.22. The molecule has 0 aromatic heterocycles. The zero-order valence-electron chi connectivity index (χ0n) is 16.7. The minimum absolute atomic E-state index is 0.0744. The molecular weight excluding hydrogens is 390 g/mol. The smallest absolute Gasteiger partial charge is 0.261 e. The van der Waals surface area contributed by atoms with Crippen molar-refractivity contribution in [3.8, 4) is 11.5 Å². The van der Waals surface area contributed by atoms with Crippen LogP contribution in [0.1, 0.15) is 32.1 Å². The van der Waals surface area contributed by atoms with E-state index in [-0.39, 0.29) is 36.1 Å². The average Bonchev–Trinajstić information content (AvgIpc) is 3.36. The first-order valence-electron chi connectivity index (χ1n) is 10.2. The Morgan fingerprint density at radius 2 is 1.69 bits per heavy atom. The van der Waals surface area contributed by atoms with Crippen molar-refractivity contribution >= 4 is 26.5 Å². The van der Waals surface area contributed by atoms with Gasteiger partial charge in [-0.1, -0.05) is 25.0 Å². The lowest BCUT2D eigenvalue weighted by Crippen LogP contribution is -2.48. The van der Waals surface area contributed by atoms with E-state index >= 15 is 0 Å². The van der Waals surface area contributed by atoms with E-state index in [1.54, 1.807) is 7.11 Å². The quantitative estimate of drug-likeness (QED) is 0.722. The van der Waals surface area contributed by atoms with Gasteiger partial charge >= 0.3 is 0 Å². The molecule has 1 aliphatic heterocycles. The molecule has 1 heterocycles. The summed E-state index contributed by atoms with van der Waals surface area (Å²) in [5.41, 5.74) is 0. The molecule has 2 aliphatic rings. The van der Waals surface area contributed by atoms with Crippen molar-refractivity contribution in [2.75, 3.05) is 25.2 Å². The highest BCUT2D eigenvalue weighted by Gasteiger charge is 2.39. The van der Waals surface area contributed by atoms with Crippen LogP contribution >= 0.6 is 0 Å². The zero-order valence-corrected chi connectivity index (χ0v) is 17.5. The van der Waals surface area contributed by atoms with Gasteiger partial charge < -0.3 is 14.4 Å². The molecule has 29 heavy (non-hydrogen) atoms. The molecule has 6 nitrogen and oxygen atoms in total. The van der Waals surface area contributed by atoms with Gasteiger partial charge in [0, 0.05) is 12.1 Å². The third kappa shape index (κ3) is 4.50. The maximum absolute atomic E-state index is 13.1. The summed E-state index contributed by atoms with van der Waals surface area (Å²) in [6.45, 7) is -0.0808. The summed E-state index contributed by atoms with van der Waals surface area (Å²) in [4.78, 5) is 14.9. The normalized spacial score (nSPS) is 21.3. The van der Waals surface area contributed by atoms with Gasteiger partial charge in [0.25, 0.3) is 5.91 Å². The molecule has 1 amide bonds. The second-order valence-corrected chi connectivity index (χ2v) is 10.2. The largest absolute Gasteiger partial charge is 0.497 e. The molecule has 156 valence electrons. The molecule has 0 unspecified atom stereocenters. The number of sulfone groups is 1. The number of rotatable bonds is 6. The monoisotopic (exact) mass is 417 g/mol. The Kier molecular flexibility index (Phi) is 5.67. The Hall–Kier alpha value is -2.28. The van der Waals surface area contributed by atoms with Crippen LogP contribution in [-0.2, 0) is 14.6 Å². The lowest BCUT2D eigenvalue weighted by Gasteiger charge is -2.34. The van der Waals surface area contributed by atoms with Crippen molar-refractivity contribution < 1.29 is 22.7 Å². The molecule has 2 aromatic rings. The first-order valence-corrected chi connectivity index (χ1v) is 12.0. The predicted octanol–water partition coefficient (Wildman–Crippen LogP) is 3.19. The van der Waals surface area contributed by atoms with Crippen molar-refractivity contribution in [3.63, 3.8) is 0 Å². The number of nitrogens with zero attached hydrogens (tertiary/aromatic N) is 1. The maximum Gasteiger partial charge on any atom is 0.261 e. The van der Waals surface area contributed by atoms with Crippen LogP contribution in [0.25, 0.3) is 10.8 Å².